The van der Waals surface area contributed by atoms with Crippen molar-refractivity contribution >= 4 is 52.7 Å². The molecule has 2 aromatic rings. The number of carbonyl (C=O) groups is 2. The van der Waals surface area contributed by atoms with Crippen LogP contribution in [0.1, 0.15) is 12.7 Å². The summed E-state index contributed by atoms with van der Waals surface area (Å²) in [5, 5.41) is 6.49. The van der Waals surface area contributed by atoms with E-state index < -0.39 is 11.2 Å². The van der Waals surface area contributed by atoms with E-state index in [0.717, 1.165) is 11.8 Å². The summed E-state index contributed by atoms with van der Waals surface area (Å²) in [5.41, 5.74) is 0. The van der Waals surface area contributed by atoms with E-state index in [0.29, 0.717) is 16.6 Å². The van der Waals surface area contributed by atoms with E-state index in [2.05, 4.69) is 10.5 Å². The maximum atomic E-state index is 12.0. The second-order valence-corrected chi connectivity index (χ2v) is 6.99. The lowest BCUT2D eigenvalue weighted by Crippen LogP contribution is -2.24. The fourth-order valence-electron chi connectivity index (χ4n) is 1.63. The van der Waals surface area contributed by atoms with Crippen molar-refractivity contribution in [2.24, 2.45) is 0 Å². The van der Waals surface area contributed by atoms with E-state index in [1.807, 2.05) is 0 Å². The molecule has 0 aliphatic heterocycles. The van der Waals surface area contributed by atoms with E-state index in [4.69, 9.17) is 32.5 Å². The van der Waals surface area contributed by atoms with Crippen LogP contribution in [-0.2, 0) is 9.59 Å². The van der Waals surface area contributed by atoms with Crippen LogP contribution in [0.15, 0.2) is 28.8 Å². The standard InChI is InChI=1S/C15H14Cl2N2O4S/c1-8-5-13(19-23-8)18-15(21)9(2)24-7-14(20)22-12-4-3-10(16)6-11(12)17/h3-6,9H,7H2,1-2H3,(H,18,19,21). The summed E-state index contributed by atoms with van der Waals surface area (Å²) in [4.78, 5) is 23.8. The summed E-state index contributed by atoms with van der Waals surface area (Å²) in [6.45, 7) is 3.40. The van der Waals surface area contributed by atoms with Gasteiger partial charge in [0.05, 0.1) is 16.0 Å². The summed E-state index contributed by atoms with van der Waals surface area (Å²) in [6, 6.07) is 6.16. The minimum absolute atomic E-state index is 0.00855. The maximum Gasteiger partial charge on any atom is 0.321 e. The van der Waals surface area contributed by atoms with Crippen LogP contribution in [0.4, 0.5) is 5.82 Å². The molecule has 0 bridgehead atoms. The SMILES string of the molecule is Cc1cc(NC(=O)C(C)SCC(=O)Oc2ccc(Cl)cc2Cl)no1. The summed E-state index contributed by atoms with van der Waals surface area (Å²) in [7, 11) is 0. The molecule has 1 amide bonds. The number of hydrogen-bond acceptors (Lipinski definition) is 6. The van der Waals surface area contributed by atoms with Gasteiger partial charge in [0.15, 0.2) is 5.82 Å². The van der Waals surface area contributed by atoms with Gasteiger partial charge < -0.3 is 14.6 Å². The predicted octanol–water partition coefficient (Wildman–Crippen LogP) is 3.96. The minimum atomic E-state index is -0.513. The number of thioether (sulfide) groups is 1. The zero-order valence-electron chi connectivity index (χ0n) is 12.8. The van der Waals surface area contributed by atoms with Crippen molar-refractivity contribution in [3.63, 3.8) is 0 Å². The van der Waals surface area contributed by atoms with Gasteiger partial charge in [0.25, 0.3) is 0 Å². The number of aryl methyl sites for hydroxylation is 1. The highest BCUT2D eigenvalue weighted by molar-refractivity contribution is 8.01. The molecule has 0 fully saturated rings. The number of esters is 1. The van der Waals surface area contributed by atoms with E-state index in [1.165, 1.54) is 12.1 Å². The van der Waals surface area contributed by atoms with E-state index in [9.17, 15) is 9.59 Å². The Bertz CT molecular complexity index is 751. The molecule has 0 aliphatic carbocycles. The number of anilines is 1. The number of hydrogen-bond donors (Lipinski definition) is 1. The number of halogens is 2. The number of nitrogens with zero attached hydrogens (tertiary/aromatic N) is 1. The third-order valence-electron chi connectivity index (χ3n) is 2.82. The first-order chi connectivity index (χ1) is 11.3. The maximum absolute atomic E-state index is 12.0. The molecule has 0 saturated heterocycles. The molecule has 9 heteroatoms. The Morgan fingerprint density at radius 2 is 2.12 bits per heavy atom. The molecule has 1 heterocycles. The van der Waals surface area contributed by atoms with Crippen LogP contribution in [-0.4, -0.2) is 28.0 Å². The Morgan fingerprint density at radius 3 is 2.75 bits per heavy atom. The van der Waals surface area contributed by atoms with Gasteiger partial charge in [-0.15, -0.1) is 11.8 Å². The molecule has 0 saturated carbocycles. The molecular formula is C15H14Cl2N2O4S. The zero-order chi connectivity index (χ0) is 17.7. The number of carbonyl (C=O) groups excluding carboxylic acids is 2. The average Bonchev–Trinajstić information content (AvgIpc) is 2.92. The van der Waals surface area contributed by atoms with Crippen molar-refractivity contribution in [2.75, 3.05) is 11.1 Å². The van der Waals surface area contributed by atoms with Gasteiger partial charge >= 0.3 is 5.97 Å². The Balaban J connectivity index is 1.81. The molecule has 0 aliphatic rings. The van der Waals surface area contributed by atoms with Gasteiger partial charge in [-0.25, -0.2) is 0 Å². The fraction of sp³-hybridized carbons (Fsp3) is 0.267. The Morgan fingerprint density at radius 1 is 1.38 bits per heavy atom. The van der Waals surface area contributed by atoms with Gasteiger partial charge in [-0.1, -0.05) is 28.4 Å². The van der Waals surface area contributed by atoms with E-state index in [-0.39, 0.29) is 22.4 Å². The van der Waals surface area contributed by atoms with Gasteiger partial charge in [-0.2, -0.15) is 0 Å². The normalized spacial score (nSPS) is 11.8. The molecule has 1 unspecified atom stereocenters. The van der Waals surface area contributed by atoms with Crippen LogP contribution in [0.25, 0.3) is 0 Å². The molecule has 1 N–H and O–H groups in total. The lowest BCUT2D eigenvalue weighted by molar-refractivity contribution is -0.131. The molecule has 0 spiro atoms. The van der Waals surface area contributed by atoms with Gasteiger partial charge in [-0.3, -0.25) is 9.59 Å². The van der Waals surface area contributed by atoms with Crippen molar-refractivity contribution in [1.29, 1.82) is 0 Å². The molecule has 1 aromatic heterocycles. The van der Waals surface area contributed by atoms with Crippen LogP contribution < -0.4 is 10.1 Å². The van der Waals surface area contributed by atoms with Gasteiger partial charge in [-0.05, 0) is 32.0 Å². The second-order valence-electron chi connectivity index (χ2n) is 4.81. The minimum Gasteiger partial charge on any atom is -0.424 e. The quantitative estimate of drug-likeness (QED) is 0.595. The van der Waals surface area contributed by atoms with Crippen molar-refractivity contribution in [3.05, 3.63) is 40.1 Å². The van der Waals surface area contributed by atoms with Crippen LogP contribution >= 0.6 is 35.0 Å². The lowest BCUT2D eigenvalue weighted by Gasteiger charge is -2.10. The number of amides is 1. The van der Waals surface area contributed by atoms with Gasteiger partial charge in [0.2, 0.25) is 5.91 Å². The average molecular weight is 389 g/mol. The molecule has 24 heavy (non-hydrogen) atoms. The monoisotopic (exact) mass is 388 g/mol. The lowest BCUT2D eigenvalue weighted by atomic mass is 10.3. The number of nitrogens with one attached hydrogen (secondary N) is 1. The fourth-order valence-corrected chi connectivity index (χ4v) is 2.73. The van der Waals surface area contributed by atoms with Gasteiger partial charge in [0, 0.05) is 11.1 Å². The number of rotatable bonds is 6. The summed E-state index contributed by atoms with van der Waals surface area (Å²) < 4.78 is 10.0. The summed E-state index contributed by atoms with van der Waals surface area (Å²) >= 11 is 12.8. The Kier molecular flexibility index (Phi) is 6.53. The second kappa shape index (κ2) is 8.41. The smallest absolute Gasteiger partial charge is 0.321 e. The topological polar surface area (TPSA) is 81.4 Å². The van der Waals surface area contributed by atoms with Gasteiger partial charge in [0.1, 0.15) is 11.5 Å². The van der Waals surface area contributed by atoms with Crippen molar-refractivity contribution < 1.29 is 18.8 Å². The number of ether oxygens (including phenoxy) is 1. The molecule has 2 rings (SSSR count). The van der Waals surface area contributed by atoms with E-state index in [1.54, 1.807) is 26.0 Å². The first-order valence-corrected chi connectivity index (χ1v) is 8.67. The Labute approximate surface area is 152 Å². The number of benzene rings is 1. The van der Waals surface area contributed by atoms with Crippen LogP contribution in [0.3, 0.4) is 0 Å². The zero-order valence-corrected chi connectivity index (χ0v) is 15.2. The summed E-state index contributed by atoms with van der Waals surface area (Å²) in [6.07, 6.45) is 0. The third kappa shape index (κ3) is 5.43. The third-order valence-corrected chi connectivity index (χ3v) is 4.46. The van der Waals surface area contributed by atoms with Crippen molar-refractivity contribution in [2.45, 2.75) is 19.1 Å². The molecule has 1 atom stereocenters. The molecule has 0 radical (unpaired) electrons. The molecule has 128 valence electrons. The van der Waals surface area contributed by atoms with Crippen molar-refractivity contribution in [3.8, 4) is 5.75 Å². The van der Waals surface area contributed by atoms with Crippen LogP contribution in [0.2, 0.25) is 10.0 Å². The highest BCUT2D eigenvalue weighted by Gasteiger charge is 2.18. The highest BCUT2D eigenvalue weighted by atomic mass is 35.5. The molecular weight excluding hydrogens is 375 g/mol. The molecule has 6 nitrogen and oxygen atoms in total. The largest absolute Gasteiger partial charge is 0.424 e. The highest BCUT2D eigenvalue weighted by Crippen LogP contribution is 2.28. The molecule has 1 aromatic carbocycles. The summed E-state index contributed by atoms with van der Waals surface area (Å²) in [5.74, 6) is 0.342. The van der Waals surface area contributed by atoms with E-state index >= 15 is 0 Å². The number of aromatic nitrogens is 1. The first kappa shape index (κ1) is 18.6. The Hall–Kier alpha value is -1.70. The predicted molar refractivity (Wildman–Crippen MR) is 93.9 cm³/mol. The van der Waals surface area contributed by atoms with Crippen LogP contribution in [0.5, 0.6) is 5.75 Å². The first-order valence-electron chi connectivity index (χ1n) is 6.86. The van der Waals surface area contributed by atoms with Crippen LogP contribution in [0, 0.1) is 6.92 Å². The van der Waals surface area contributed by atoms with Crippen molar-refractivity contribution in [1.82, 2.24) is 5.16 Å².